The maximum absolute atomic E-state index is 12.1. The van der Waals surface area contributed by atoms with Crippen molar-refractivity contribution in [2.45, 2.75) is 32.2 Å². The van der Waals surface area contributed by atoms with Crippen molar-refractivity contribution in [1.29, 1.82) is 0 Å². The molecule has 0 aromatic heterocycles. The molecule has 0 radical (unpaired) electrons. The number of nitrogens with zero attached hydrogens (tertiary/aromatic N) is 1. The highest BCUT2D eigenvalue weighted by Crippen LogP contribution is 2.18. The predicted molar refractivity (Wildman–Crippen MR) is 83.1 cm³/mol. The topological polar surface area (TPSA) is 41.6 Å². The van der Waals surface area contributed by atoms with E-state index in [0.717, 1.165) is 18.7 Å². The zero-order valence-corrected chi connectivity index (χ0v) is 12.5. The second-order valence-corrected chi connectivity index (χ2v) is 6.09. The monoisotopic (exact) mass is 288 g/mol. The number of benzene rings is 1. The summed E-state index contributed by atoms with van der Waals surface area (Å²) in [5.74, 6) is 0.0957. The van der Waals surface area contributed by atoms with Gasteiger partial charge in [-0.15, -0.1) is 0 Å². The lowest BCUT2D eigenvalue weighted by molar-refractivity contribution is -0.119. The number of rotatable bonds is 4. The van der Waals surface area contributed by atoms with Crippen LogP contribution in [0.2, 0.25) is 0 Å². The van der Waals surface area contributed by atoms with Gasteiger partial charge in [0.05, 0.1) is 12.5 Å². The first-order valence-electron chi connectivity index (χ1n) is 8.01. The van der Waals surface area contributed by atoms with Gasteiger partial charge in [0.25, 0.3) is 0 Å². The minimum atomic E-state index is 0.00995. The van der Waals surface area contributed by atoms with Crippen LogP contribution in [0.3, 0.4) is 0 Å². The number of ether oxygens (including phenoxy) is 1. The average Bonchev–Trinajstić information content (AvgIpc) is 3.03. The Balaban J connectivity index is 1.58. The van der Waals surface area contributed by atoms with Crippen LogP contribution < -0.4 is 5.32 Å². The molecule has 0 spiro atoms. The molecular formula is C17H24N2O2. The quantitative estimate of drug-likeness (QED) is 0.926. The van der Waals surface area contributed by atoms with Gasteiger partial charge in [0.15, 0.2) is 0 Å². The number of hydrogen-bond donors (Lipinski definition) is 1. The number of likely N-dealkylation sites (tertiary alicyclic amines) is 1. The standard InChI is InChI=1S/C17H24N2O2/c20-17(15-7-10-21-13-15)18-16-6-4-5-14(11-16)12-19-8-2-1-3-9-19/h4-6,11,15H,1-3,7-10,12-13H2,(H,18,20). The number of hydrogen-bond acceptors (Lipinski definition) is 3. The van der Waals surface area contributed by atoms with E-state index in [1.54, 1.807) is 0 Å². The molecule has 4 heteroatoms. The van der Waals surface area contributed by atoms with Gasteiger partial charge in [-0.25, -0.2) is 0 Å². The maximum atomic E-state index is 12.1. The molecule has 114 valence electrons. The fourth-order valence-electron chi connectivity index (χ4n) is 3.11. The van der Waals surface area contributed by atoms with Crippen LogP contribution in [0.1, 0.15) is 31.2 Å². The Morgan fingerprint density at radius 3 is 2.90 bits per heavy atom. The van der Waals surface area contributed by atoms with E-state index in [1.807, 2.05) is 12.1 Å². The highest BCUT2D eigenvalue weighted by atomic mass is 16.5. The molecule has 2 saturated heterocycles. The molecule has 1 aromatic rings. The van der Waals surface area contributed by atoms with Crippen molar-refractivity contribution < 1.29 is 9.53 Å². The van der Waals surface area contributed by atoms with Gasteiger partial charge in [0.1, 0.15) is 0 Å². The van der Waals surface area contributed by atoms with E-state index in [0.29, 0.717) is 13.2 Å². The van der Waals surface area contributed by atoms with Gasteiger partial charge in [-0.3, -0.25) is 9.69 Å². The first kappa shape index (κ1) is 14.5. The van der Waals surface area contributed by atoms with Gasteiger partial charge in [-0.1, -0.05) is 18.6 Å². The average molecular weight is 288 g/mol. The molecule has 1 unspecified atom stereocenters. The van der Waals surface area contributed by atoms with Crippen LogP contribution in [0.4, 0.5) is 5.69 Å². The van der Waals surface area contributed by atoms with Gasteiger partial charge < -0.3 is 10.1 Å². The second-order valence-electron chi connectivity index (χ2n) is 6.09. The van der Waals surface area contributed by atoms with E-state index in [9.17, 15) is 4.79 Å². The van der Waals surface area contributed by atoms with Gasteiger partial charge in [-0.2, -0.15) is 0 Å². The molecule has 1 aromatic carbocycles. The predicted octanol–water partition coefficient (Wildman–Crippen LogP) is 2.65. The molecule has 2 heterocycles. The van der Waals surface area contributed by atoms with Crippen LogP contribution in [-0.2, 0) is 16.1 Å². The number of piperidine rings is 1. The third kappa shape index (κ3) is 4.05. The van der Waals surface area contributed by atoms with Crippen molar-refractivity contribution in [3.8, 4) is 0 Å². The molecule has 4 nitrogen and oxygen atoms in total. The highest BCUT2D eigenvalue weighted by Gasteiger charge is 2.23. The van der Waals surface area contributed by atoms with Crippen molar-refractivity contribution >= 4 is 11.6 Å². The van der Waals surface area contributed by atoms with E-state index < -0.39 is 0 Å². The molecule has 2 aliphatic heterocycles. The second kappa shape index (κ2) is 7.05. The van der Waals surface area contributed by atoms with Crippen LogP contribution in [0.15, 0.2) is 24.3 Å². The van der Waals surface area contributed by atoms with Crippen molar-refractivity contribution in [2.75, 3.05) is 31.6 Å². The third-order valence-electron chi connectivity index (χ3n) is 4.35. The normalized spacial score (nSPS) is 23.1. The zero-order chi connectivity index (χ0) is 14.5. The molecule has 1 N–H and O–H groups in total. The zero-order valence-electron chi connectivity index (χ0n) is 12.5. The molecule has 2 aliphatic rings. The van der Waals surface area contributed by atoms with Crippen LogP contribution in [0.5, 0.6) is 0 Å². The Kier molecular flexibility index (Phi) is 4.88. The van der Waals surface area contributed by atoms with Crippen molar-refractivity contribution in [3.63, 3.8) is 0 Å². The molecular weight excluding hydrogens is 264 g/mol. The first-order chi connectivity index (χ1) is 10.3. The van der Waals surface area contributed by atoms with E-state index in [2.05, 4.69) is 22.3 Å². The van der Waals surface area contributed by atoms with Crippen molar-refractivity contribution in [1.82, 2.24) is 4.90 Å². The SMILES string of the molecule is O=C(Nc1cccc(CN2CCCCC2)c1)C1CCOC1. The highest BCUT2D eigenvalue weighted by molar-refractivity contribution is 5.92. The van der Waals surface area contributed by atoms with Crippen LogP contribution >= 0.6 is 0 Å². The summed E-state index contributed by atoms with van der Waals surface area (Å²) in [6, 6.07) is 8.23. The fourth-order valence-corrected chi connectivity index (χ4v) is 3.11. The first-order valence-corrected chi connectivity index (χ1v) is 8.01. The van der Waals surface area contributed by atoms with Crippen LogP contribution in [0, 0.1) is 5.92 Å². The number of nitrogens with one attached hydrogen (secondary N) is 1. The maximum Gasteiger partial charge on any atom is 0.229 e. The minimum Gasteiger partial charge on any atom is -0.381 e. The summed E-state index contributed by atoms with van der Waals surface area (Å²) in [6.07, 6.45) is 4.80. The van der Waals surface area contributed by atoms with Gasteiger partial charge in [0.2, 0.25) is 5.91 Å². The molecule has 0 bridgehead atoms. The molecule has 0 aliphatic carbocycles. The van der Waals surface area contributed by atoms with Gasteiger partial charge in [-0.05, 0) is 50.0 Å². The lowest BCUT2D eigenvalue weighted by atomic mass is 10.1. The van der Waals surface area contributed by atoms with E-state index in [4.69, 9.17) is 4.74 Å². The fraction of sp³-hybridized carbons (Fsp3) is 0.588. The largest absolute Gasteiger partial charge is 0.381 e. The number of carbonyl (C=O) groups is 1. The Morgan fingerprint density at radius 1 is 1.29 bits per heavy atom. The molecule has 21 heavy (non-hydrogen) atoms. The molecule has 1 atom stereocenters. The van der Waals surface area contributed by atoms with Gasteiger partial charge >= 0.3 is 0 Å². The summed E-state index contributed by atoms with van der Waals surface area (Å²) in [7, 11) is 0. The smallest absolute Gasteiger partial charge is 0.229 e. The van der Waals surface area contributed by atoms with Crippen LogP contribution in [-0.4, -0.2) is 37.1 Å². The number of amides is 1. The summed E-state index contributed by atoms with van der Waals surface area (Å²) in [5.41, 5.74) is 2.18. The third-order valence-corrected chi connectivity index (χ3v) is 4.35. The summed E-state index contributed by atoms with van der Waals surface area (Å²) < 4.78 is 5.27. The Morgan fingerprint density at radius 2 is 2.14 bits per heavy atom. The molecule has 2 fully saturated rings. The lowest BCUT2D eigenvalue weighted by Gasteiger charge is -2.26. The molecule has 0 saturated carbocycles. The summed E-state index contributed by atoms with van der Waals surface area (Å²) in [6.45, 7) is 4.62. The van der Waals surface area contributed by atoms with Gasteiger partial charge in [0, 0.05) is 18.8 Å². The molecule has 1 amide bonds. The lowest BCUT2D eigenvalue weighted by Crippen LogP contribution is -2.29. The Labute approximate surface area is 126 Å². The molecule has 3 rings (SSSR count). The van der Waals surface area contributed by atoms with E-state index in [-0.39, 0.29) is 11.8 Å². The number of carbonyl (C=O) groups excluding carboxylic acids is 1. The summed E-state index contributed by atoms with van der Waals surface area (Å²) >= 11 is 0. The Hall–Kier alpha value is -1.39. The summed E-state index contributed by atoms with van der Waals surface area (Å²) in [4.78, 5) is 14.6. The minimum absolute atomic E-state index is 0.00995. The van der Waals surface area contributed by atoms with Crippen molar-refractivity contribution in [2.24, 2.45) is 5.92 Å². The summed E-state index contributed by atoms with van der Waals surface area (Å²) in [5, 5.41) is 3.02. The van der Waals surface area contributed by atoms with Crippen LogP contribution in [0.25, 0.3) is 0 Å². The van der Waals surface area contributed by atoms with E-state index >= 15 is 0 Å². The van der Waals surface area contributed by atoms with E-state index in [1.165, 1.54) is 37.9 Å². The Bertz CT molecular complexity index is 477. The number of anilines is 1. The van der Waals surface area contributed by atoms with Crippen molar-refractivity contribution in [3.05, 3.63) is 29.8 Å².